The quantitative estimate of drug-likeness (QED) is 0.419. The van der Waals surface area contributed by atoms with E-state index >= 15 is 0 Å². The van der Waals surface area contributed by atoms with Gasteiger partial charge in [-0.2, -0.15) is 0 Å². The number of carbonyl (C=O) groups is 1. The number of Topliss-reactive ketones (excluding diaryl/α,β-unsaturated/α-hetero) is 1. The largest absolute Gasteiger partial charge is 0.381 e. The highest BCUT2D eigenvalue weighted by molar-refractivity contribution is 6.27. The third kappa shape index (κ3) is 5.34. The lowest BCUT2D eigenvalue weighted by Crippen LogP contribution is -2.31. The molecule has 0 unspecified atom stereocenters. The molecule has 0 atom stereocenters. The highest BCUT2D eigenvalue weighted by Crippen LogP contribution is 2.30. The normalized spacial score (nSPS) is 15.8. The van der Waals surface area contributed by atoms with Gasteiger partial charge in [0, 0.05) is 18.0 Å². The number of unbranched alkanes of at least 4 members (excludes halogenated alkanes) is 1. The second-order valence-corrected chi connectivity index (χ2v) is 7.99. The van der Waals surface area contributed by atoms with E-state index in [4.69, 9.17) is 0 Å². The molecule has 0 aliphatic heterocycles. The van der Waals surface area contributed by atoms with Crippen LogP contribution >= 0.6 is 0 Å². The molecule has 1 aliphatic carbocycles. The van der Waals surface area contributed by atoms with Crippen molar-refractivity contribution in [1.29, 1.82) is 0 Å². The van der Waals surface area contributed by atoms with E-state index in [0.717, 1.165) is 35.2 Å². The molecule has 1 aliphatic rings. The van der Waals surface area contributed by atoms with Crippen LogP contribution in [0.5, 0.6) is 0 Å². The van der Waals surface area contributed by atoms with Crippen molar-refractivity contribution in [2.24, 2.45) is 0 Å². The van der Waals surface area contributed by atoms with Crippen molar-refractivity contribution in [2.45, 2.75) is 71.3 Å². The Morgan fingerprint density at radius 3 is 2.25 bits per heavy atom. The zero-order valence-corrected chi connectivity index (χ0v) is 17.3. The number of ketones is 1. The molecular formula is C26H33NO. The molecule has 0 saturated heterocycles. The van der Waals surface area contributed by atoms with Gasteiger partial charge < -0.3 is 5.32 Å². The predicted molar refractivity (Wildman–Crippen MR) is 119 cm³/mol. The number of hydrogen-bond acceptors (Lipinski definition) is 2. The molecular weight excluding hydrogens is 342 g/mol. The molecule has 0 amide bonds. The molecule has 0 bridgehead atoms. The number of rotatable bonds is 8. The first-order chi connectivity index (χ1) is 13.7. The van der Waals surface area contributed by atoms with Gasteiger partial charge in [-0.25, -0.2) is 0 Å². The van der Waals surface area contributed by atoms with Crippen molar-refractivity contribution in [2.75, 3.05) is 0 Å². The Morgan fingerprint density at radius 1 is 0.929 bits per heavy atom. The summed E-state index contributed by atoms with van der Waals surface area (Å²) >= 11 is 0. The van der Waals surface area contributed by atoms with Gasteiger partial charge in [-0.05, 0) is 37.3 Å². The monoisotopic (exact) mass is 375 g/mol. The minimum atomic E-state index is 0.243. The minimum Gasteiger partial charge on any atom is -0.381 e. The van der Waals surface area contributed by atoms with Gasteiger partial charge in [-0.3, -0.25) is 4.79 Å². The zero-order chi connectivity index (χ0) is 19.8. The van der Waals surface area contributed by atoms with Gasteiger partial charge in [0.25, 0.3) is 0 Å². The summed E-state index contributed by atoms with van der Waals surface area (Å²) in [5.41, 5.74) is 5.23. The Morgan fingerprint density at radius 2 is 1.61 bits per heavy atom. The number of aryl methyl sites for hydroxylation is 1. The molecule has 2 nitrogen and oxygen atoms in total. The number of allylic oxidation sites excluding steroid dienone is 1. The summed E-state index contributed by atoms with van der Waals surface area (Å²) in [6, 6.07) is 19.2. The van der Waals surface area contributed by atoms with Gasteiger partial charge in [-0.15, -0.1) is 0 Å². The highest BCUT2D eigenvalue weighted by atomic mass is 16.1. The van der Waals surface area contributed by atoms with Crippen LogP contribution in [0.3, 0.4) is 0 Å². The topological polar surface area (TPSA) is 29.1 Å². The van der Waals surface area contributed by atoms with E-state index in [1.54, 1.807) is 0 Å². The fraction of sp³-hybridized carbons (Fsp3) is 0.423. The first-order valence-electron chi connectivity index (χ1n) is 10.9. The second-order valence-electron chi connectivity index (χ2n) is 7.99. The number of nitrogens with one attached hydrogen (secondary N) is 1. The summed E-state index contributed by atoms with van der Waals surface area (Å²) < 4.78 is 0. The van der Waals surface area contributed by atoms with Crippen LogP contribution in [0.4, 0.5) is 0 Å². The number of benzene rings is 2. The number of hydrogen-bond donors (Lipinski definition) is 1. The lowest BCUT2D eigenvalue weighted by Gasteiger charge is -2.27. The van der Waals surface area contributed by atoms with Gasteiger partial charge >= 0.3 is 0 Å². The van der Waals surface area contributed by atoms with E-state index in [2.05, 4.69) is 55.6 Å². The summed E-state index contributed by atoms with van der Waals surface area (Å²) in [5, 5.41) is 3.81. The Hall–Kier alpha value is -2.35. The summed E-state index contributed by atoms with van der Waals surface area (Å²) in [7, 11) is 0. The van der Waals surface area contributed by atoms with E-state index in [-0.39, 0.29) is 5.78 Å². The van der Waals surface area contributed by atoms with Gasteiger partial charge in [0.2, 0.25) is 0 Å². The Bertz CT molecular complexity index is 783. The maximum absolute atomic E-state index is 13.3. The van der Waals surface area contributed by atoms with E-state index in [0.29, 0.717) is 12.5 Å². The third-order valence-corrected chi connectivity index (χ3v) is 5.64. The molecule has 148 valence electrons. The van der Waals surface area contributed by atoms with E-state index in [1.165, 1.54) is 37.7 Å². The van der Waals surface area contributed by atoms with Crippen LogP contribution in [0.15, 0.2) is 54.6 Å². The molecule has 0 radical (unpaired) electrons. The highest BCUT2D eigenvalue weighted by Gasteiger charge is 2.22. The summed E-state index contributed by atoms with van der Waals surface area (Å²) in [6.07, 6.45) is 8.78. The van der Waals surface area contributed by atoms with Crippen LogP contribution in [-0.2, 0) is 4.79 Å². The van der Waals surface area contributed by atoms with Gasteiger partial charge in [0.05, 0.1) is 5.70 Å². The van der Waals surface area contributed by atoms with Crippen LogP contribution < -0.4 is 5.32 Å². The maximum atomic E-state index is 13.3. The van der Waals surface area contributed by atoms with Crippen LogP contribution in [0.1, 0.15) is 75.0 Å². The van der Waals surface area contributed by atoms with Crippen molar-refractivity contribution >= 4 is 17.1 Å². The predicted octanol–water partition coefficient (Wildman–Crippen LogP) is 6.54. The van der Waals surface area contributed by atoms with Gasteiger partial charge in [-0.1, -0.05) is 92.8 Å². The molecule has 0 spiro atoms. The molecule has 3 rings (SSSR count). The molecule has 2 aromatic carbocycles. The Balaban J connectivity index is 2.09. The van der Waals surface area contributed by atoms with Crippen LogP contribution in [0.2, 0.25) is 0 Å². The van der Waals surface area contributed by atoms with Crippen molar-refractivity contribution in [3.63, 3.8) is 0 Å². The van der Waals surface area contributed by atoms with Crippen molar-refractivity contribution in [3.05, 3.63) is 71.3 Å². The fourth-order valence-electron chi connectivity index (χ4n) is 3.98. The SMILES string of the molecule is CCCCC(=O)/C(=C(/NC1CCCCC1)c1ccc(C)cc1)c1ccccc1. The molecule has 0 heterocycles. The molecule has 0 aromatic heterocycles. The summed E-state index contributed by atoms with van der Waals surface area (Å²) in [5.74, 6) is 0.243. The maximum Gasteiger partial charge on any atom is 0.165 e. The van der Waals surface area contributed by atoms with Crippen molar-refractivity contribution in [3.8, 4) is 0 Å². The first-order valence-corrected chi connectivity index (χ1v) is 10.9. The average molecular weight is 376 g/mol. The van der Waals surface area contributed by atoms with E-state index in [1.807, 2.05) is 18.2 Å². The summed E-state index contributed by atoms with van der Waals surface area (Å²) in [4.78, 5) is 13.3. The first kappa shape index (κ1) is 20.4. The number of carbonyl (C=O) groups excluding carboxylic acids is 1. The fourth-order valence-corrected chi connectivity index (χ4v) is 3.98. The van der Waals surface area contributed by atoms with Crippen molar-refractivity contribution < 1.29 is 4.79 Å². The molecule has 28 heavy (non-hydrogen) atoms. The average Bonchev–Trinajstić information content (AvgIpc) is 2.74. The smallest absolute Gasteiger partial charge is 0.165 e. The lowest BCUT2D eigenvalue weighted by atomic mass is 9.90. The molecule has 2 heteroatoms. The van der Waals surface area contributed by atoms with E-state index < -0.39 is 0 Å². The molecule has 1 saturated carbocycles. The van der Waals surface area contributed by atoms with Crippen LogP contribution in [0, 0.1) is 6.92 Å². The molecule has 2 aromatic rings. The van der Waals surface area contributed by atoms with E-state index in [9.17, 15) is 4.79 Å². The Labute approximate surface area is 170 Å². The second kappa shape index (κ2) is 10.3. The van der Waals surface area contributed by atoms with Gasteiger partial charge in [0.1, 0.15) is 0 Å². The Kier molecular flexibility index (Phi) is 7.47. The van der Waals surface area contributed by atoms with Crippen molar-refractivity contribution in [1.82, 2.24) is 5.32 Å². The minimum absolute atomic E-state index is 0.243. The van der Waals surface area contributed by atoms with Gasteiger partial charge in [0.15, 0.2) is 5.78 Å². The third-order valence-electron chi connectivity index (χ3n) is 5.64. The van der Waals surface area contributed by atoms with Crippen LogP contribution in [0.25, 0.3) is 11.3 Å². The zero-order valence-electron chi connectivity index (χ0n) is 17.3. The molecule has 1 N–H and O–H groups in total. The summed E-state index contributed by atoms with van der Waals surface area (Å²) in [6.45, 7) is 4.24. The van der Waals surface area contributed by atoms with Crippen LogP contribution in [-0.4, -0.2) is 11.8 Å². The lowest BCUT2D eigenvalue weighted by molar-refractivity contribution is -0.113. The standard InChI is InChI=1S/C26H33NO/c1-3-4-15-24(28)25(21-11-7-5-8-12-21)26(22-18-16-20(2)17-19-22)27-23-13-9-6-10-14-23/h5,7-8,11-12,16-19,23,27H,3-4,6,9-10,13-15H2,1-2H3/b26-25+. The molecule has 1 fully saturated rings.